The van der Waals surface area contributed by atoms with E-state index in [1.54, 1.807) is 0 Å². The average Bonchev–Trinajstić information content (AvgIpc) is 2.86. The van der Waals surface area contributed by atoms with Crippen molar-refractivity contribution in [1.29, 1.82) is 0 Å². The third-order valence-electron chi connectivity index (χ3n) is 4.45. The Labute approximate surface area is 114 Å². The summed E-state index contributed by atoms with van der Waals surface area (Å²) in [4.78, 5) is 1.37. The molecule has 1 aromatic rings. The van der Waals surface area contributed by atoms with Gasteiger partial charge in [0.1, 0.15) is 6.10 Å². The summed E-state index contributed by atoms with van der Waals surface area (Å²) in [5, 5.41) is 5.83. The van der Waals surface area contributed by atoms with Gasteiger partial charge in [-0.2, -0.15) is 0 Å². The lowest BCUT2D eigenvalue weighted by Gasteiger charge is -2.48. The van der Waals surface area contributed by atoms with Crippen molar-refractivity contribution < 1.29 is 4.74 Å². The molecule has 18 heavy (non-hydrogen) atoms. The van der Waals surface area contributed by atoms with Gasteiger partial charge >= 0.3 is 0 Å². The van der Waals surface area contributed by atoms with Crippen molar-refractivity contribution in [2.75, 3.05) is 6.54 Å². The van der Waals surface area contributed by atoms with E-state index in [4.69, 9.17) is 4.74 Å². The molecule has 2 heterocycles. The summed E-state index contributed by atoms with van der Waals surface area (Å²) in [5.74, 6) is 0.804. The minimum Gasteiger partial charge on any atom is -0.363 e. The molecule has 1 saturated heterocycles. The zero-order chi connectivity index (χ0) is 12.6. The summed E-state index contributed by atoms with van der Waals surface area (Å²) in [6, 6.07) is 4.76. The predicted octanol–water partition coefficient (Wildman–Crippen LogP) is 3.75. The lowest BCUT2D eigenvalue weighted by Crippen LogP contribution is -2.56. The van der Waals surface area contributed by atoms with Crippen molar-refractivity contribution in [2.45, 2.75) is 57.3 Å². The van der Waals surface area contributed by atoms with E-state index in [2.05, 4.69) is 36.7 Å². The van der Waals surface area contributed by atoms with Crippen LogP contribution in [0.5, 0.6) is 0 Å². The Bertz CT molecular complexity index is 391. The fourth-order valence-corrected chi connectivity index (χ4v) is 4.36. The Balaban J connectivity index is 1.79. The first-order valence-corrected chi connectivity index (χ1v) is 8.01. The maximum atomic E-state index is 6.59. The third kappa shape index (κ3) is 2.36. The van der Waals surface area contributed by atoms with E-state index in [1.807, 2.05) is 11.3 Å². The topological polar surface area (TPSA) is 21.3 Å². The van der Waals surface area contributed by atoms with Crippen LogP contribution in [0.25, 0.3) is 0 Å². The van der Waals surface area contributed by atoms with E-state index < -0.39 is 0 Å². The van der Waals surface area contributed by atoms with Crippen LogP contribution < -0.4 is 5.32 Å². The van der Waals surface area contributed by atoms with Gasteiger partial charge in [-0.05, 0) is 37.1 Å². The Hall–Kier alpha value is -0.380. The van der Waals surface area contributed by atoms with Gasteiger partial charge < -0.3 is 10.1 Å². The van der Waals surface area contributed by atoms with Gasteiger partial charge in [0.25, 0.3) is 0 Å². The predicted molar refractivity (Wildman–Crippen MR) is 76.0 cm³/mol. The molecule has 1 aliphatic carbocycles. The molecule has 4 unspecified atom stereocenters. The minimum absolute atomic E-state index is 0.0961. The molecule has 0 bridgehead atoms. The number of hydrogen-bond acceptors (Lipinski definition) is 3. The molecule has 1 saturated carbocycles. The second-order valence-corrected chi connectivity index (χ2v) is 7.09. The van der Waals surface area contributed by atoms with E-state index in [0.717, 1.165) is 12.5 Å². The van der Waals surface area contributed by atoms with Crippen LogP contribution in [-0.4, -0.2) is 18.2 Å². The Kier molecular flexibility index (Phi) is 3.48. The maximum Gasteiger partial charge on any atom is 0.107 e. The van der Waals surface area contributed by atoms with Gasteiger partial charge in [-0.25, -0.2) is 0 Å². The lowest BCUT2D eigenvalue weighted by molar-refractivity contribution is -0.157. The van der Waals surface area contributed by atoms with Gasteiger partial charge in [-0.1, -0.05) is 25.8 Å². The highest BCUT2D eigenvalue weighted by atomic mass is 32.1. The largest absolute Gasteiger partial charge is 0.363 e. The highest BCUT2D eigenvalue weighted by Crippen LogP contribution is 2.42. The second kappa shape index (κ2) is 4.95. The summed E-state index contributed by atoms with van der Waals surface area (Å²) in [7, 11) is 0. The molecule has 3 rings (SSSR count). The summed E-state index contributed by atoms with van der Waals surface area (Å²) in [6.45, 7) is 5.63. The van der Waals surface area contributed by atoms with Gasteiger partial charge in [0.15, 0.2) is 0 Å². The van der Waals surface area contributed by atoms with Crippen LogP contribution in [0.1, 0.15) is 50.5 Å². The number of hydrogen-bond donors (Lipinski definition) is 1. The third-order valence-corrected chi connectivity index (χ3v) is 5.38. The van der Waals surface area contributed by atoms with Crippen molar-refractivity contribution >= 4 is 11.3 Å². The van der Waals surface area contributed by atoms with Crippen LogP contribution >= 0.6 is 11.3 Å². The number of thiophene rings is 1. The Morgan fingerprint density at radius 1 is 1.44 bits per heavy atom. The van der Waals surface area contributed by atoms with Crippen LogP contribution in [0.2, 0.25) is 0 Å². The number of morpholine rings is 1. The van der Waals surface area contributed by atoms with Crippen molar-refractivity contribution in [2.24, 2.45) is 5.92 Å². The van der Waals surface area contributed by atoms with Crippen LogP contribution in [0.4, 0.5) is 0 Å². The van der Waals surface area contributed by atoms with E-state index in [1.165, 1.54) is 30.6 Å². The molecule has 100 valence electrons. The normalized spacial score (nSPS) is 41.1. The van der Waals surface area contributed by atoms with Gasteiger partial charge in [0.2, 0.25) is 0 Å². The highest BCUT2D eigenvalue weighted by molar-refractivity contribution is 7.10. The fourth-order valence-electron chi connectivity index (χ4n) is 3.50. The first-order chi connectivity index (χ1) is 8.69. The first kappa shape index (κ1) is 12.6. The minimum atomic E-state index is 0.0961. The highest BCUT2D eigenvalue weighted by Gasteiger charge is 2.43. The quantitative estimate of drug-likeness (QED) is 0.835. The van der Waals surface area contributed by atoms with Crippen molar-refractivity contribution in [1.82, 2.24) is 5.32 Å². The van der Waals surface area contributed by atoms with Crippen LogP contribution in [0, 0.1) is 5.92 Å². The molecule has 1 spiro atoms. The van der Waals surface area contributed by atoms with Crippen LogP contribution in [0.15, 0.2) is 17.5 Å². The van der Waals surface area contributed by atoms with Gasteiger partial charge in [-0.15, -0.1) is 11.3 Å². The molecule has 1 aliphatic heterocycles. The summed E-state index contributed by atoms with van der Waals surface area (Å²) in [5.41, 5.74) is 0.0961. The zero-order valence-corrected chi connectivity index (χ0v) is 12.1. The van der Waals surface area contributed by atoms with E-state index >= 15 is 0 Å². The smallest absolute Gasteiger partial charge is 0.107 e. The molecule has 3 heteroatoms. The molecular weight excluding hydrogens is 242 g/mol. The van der Waals surface area contributed by atoms with Crippen molar-refractivity contribution in [3.05, 3.63) is 22.4 Å². The molecule has 0 amide bonds. The molecule has 1 N–H and O–H groups in total. The standard InChI is InChI=1S/C15H23NOS/c1-11-5-3-7-15(9-11)10-16-12(2)14(17-15)13-6-4-8-18-13/h4,6,8,11-12,14,16H,3,5,7,9-10H2,1-2H3. The van der Waals surface area contributed by atoms with Crippen LogP contribution in [-0.2, 0) is 4.74 Å². The molecular formula is C15H23NOS. The molecule has 2 nitrogen and oxygen atoms in total. The zero-order valence-electron chi connectivity index (χ0n) is 11.3. The Morgan fingerprint density at radius 2 is 2.33 bits per heavy atom. The Morgan fingerprint density at radius 3 is 3.06 bits per heavy atom. The van der Waals surface area contributed by atoms with Crippen molar-refractivity contribution in [3.63, 3.8) is 0 Å². The van der Waals surface area contributed by atoms with Crippen molar-refractivity contribution in [3.8, 4) is 0 Å². The van der Waals surface area contributed by atoms with Gasteiger partial charge in [-0.3, -0.25) is 0 Å². The molecule has 4 atom stereocenters. The summed E-state index contributed by atoms with van der Waals surface area (Å²) in [6.07, 6.45) is 5.36. The maximum absolute atomic E-state index is 6.59. The number of nitrogens with one attached hydrogen (secondary N) is 1. The summed E-state index contributed by atoms with van der Waals surface area (Å²) >= 11 is 1.82. The number of rotatable bonds is 1. The molecule has 0 aromatic carbocycles. The fraction of sp³-hybridized carbons (Fsp3) is 0.733. The molecule has 2 fully saturated rings. The second-order valence-electron chi connectivity index (χ2n) is 6.11. The monoisotopic (exact) mass is 265 g/mol. The van der Waals surface area contributed by atoms with E-state index in [9.17, 15) is 0 Å². The molecule has 0 radical (unpaired) electrons. The first-order valence-electron chi connectivity index (χ1n) is 7.13. The van der Waals surface area contributed by atoms with Gasteiger partial charge in [0, 0.05) is 17.5 Å². The van der Waals surface area contributed by atoms with E-state index in [0.29, 0.717) is 6.04 Å². The average molecular weight is 265 g/mol. The number of ether oxygens (including phenoxy) is 1. The van der Waals surface area contributed by atoms with Gasteiger partial charge in [0.05, 0.1) is 5.60 Å². The summed E-state index contributed by atoms with van der Waals surface area (Å²) < 4.78 is 6.59. The van der Waals surface area contributed by atoms with Crippen LogP contribution in [0.3, 0.4) is 0 Å². The van der Waals surface area contributed by atoms with E-state index in [-0.39, 0.29) is 11.7 Å². The SMILES string of the molecule is CC1CCCC2(CNC(C)C(c3cccs3)O2)C1. The lowest BCUT2D eigenvalue weighted by atomic mass is 9.77. The molecule has 2 aliphatic rings. The molecule has 1 aromatic heterocycles.